The second kappa shape index (κ2) is 9.21. The maximum absolute atomic E-state index is 13.1. The fraction of sp³-hybridized carbons (Fsp3) is 0.421. The van der Waals surface area contributed by atoms with Crippen LogP contribution in [0.1, 0.15) is 38.2 Å². The number of carbonyl (C=O) groups excluding carboxylic acids is 2. The largest absolute Gasteiger partial charge is 0.465 e. The van der Waals surface area contributed by atoms with Crippen molar-refractivity contribution < 1.29 is 27.5 Å². The number of amides is 1. The number of carbonyl (C=O) groups is 2. The molecule has 0 spiro atoms. The minimum absolute atomic E-state index is 0.116. The summed E-state index contributed by atoms with van der Waals surface area (Å²) in [5.74, 6) is -1.04. The lowest BCUT2D eigenvalue weighted by molar-refractivity contribution is 0.0605. The number of benzene rings is 1. The van der Waals surface area contributed by atoms with Gasteiger partial charge in [0.2, 0.25) is 10.0 Å². The Balaban J connectivity index is 1.89. The van der Waals surface area contributed by atoms with Crippen molar-refractivity contribution in [2.45, 2.75) is 25.2 Å². The second-order valence-electron chi connectivity index (χ2n) is 6.57. The monoisotopic (exact) mass is 453 g/mol. The third-order valence-electron chi connectivity index (χ3n) is 4.69. The molecule has 1 aromatic heterocycles. The average Bonchev–Trinajstić information content (AvgIpc) is 3.13. The first-order valence-electron chi connectivity index (χ1n) is 9.35. The lowest BCUT2D eigenvalue weighted by Crippen LogP contribution is -2.41. The quantitative estimate of drug-likeness (QED) is 0.666. The summed E-state index contributed by atoms with van der Waals surface area (Å²) in [6.45, 7) is 4.73. The van der Waals surface area contributed by atoms with Crippen molar-refractivity contribution in [1.29, 1.82) is 0 Å². The molecule has 1 amide bonds. The molecule has 0 atom stereocenters. The van der Waals surface area contributed by atoms with E-state index in [1.165, 1.54) is 17.5 Å². The van der Waals surface area contributed by atoms with Crippen molar-refractivity contribution in [2.75, 3.05) is 38.7 Å². The van der Waals surface area contributed by atoms with Crippen LogP contribution in [0.25, 0.3) is 0 Å². The molecule has 1 aliphatic rings. The number of thiazole rings is 1. The summed E-state index contributed by atoms with van der Waals surface area (Å²) >= 11 is 0.997. The molecule has 11 heteroatoms. The normalized spacial score (nSPS) is 15.0. The van der Waals surface area contributed by atoms with E-state index in [0.717, 1.165) is 11.3 Å². The van der Waals surface area contributed by atoms with E-state index in [-0.39, 0.29) is 28.7 Å². The molecule has 2 aromatic rings. The third kappa shape index (κ3) is 4.53. The van der Waals surface area contributed by atoms with Gasteiger partial charge in [-0.05, 0) is 31.0 Å². The van der Waals surface area contributed by atoms with Crippen LogP contribution in [0.2, 0.25) is 0 Å². The Morgan fingerprint density at radius 1 is 1.30 bits per heavy atom. The van der Waals surface area contributed by atoms with Crippen LogP contribution in [0.5, 0.6) is 0 Å². The number of nitrogens with zero attached hydrogens (tertiary/aromatic N) is 2. The lowest BCUT2D eigenvalue weighted by atomic mass is 10.1. The lowest BCUT2D eigenvalue weighted by Gasteiger charge is -2.27. The van der Waals surface area contributed by atoms with E-state index in [4.69, 9.17) is 9.47 Å². The summed E-state index contributed by atoms with van der Waals surface area (Å²) in [5.41, 5.74) is 1.27. The van der Waals surface area contributed by atoms with Gasteiger partial charge in [-0.25, -0.2) is 18.2 Å². The molecule has 2 heterocycles. The summed E-state index contributed by atoms with van der Waals surface area (Å²) in [6.07, 6.45) is 0.509. The van der Waals surface area contributed by atoms with Gasteiger partial charge in [-0.3, -0.25) is 10.1 Å². The molecular formula is C19H23N3O6S2. The summed E-state index contributed by atoms with van der Waals surface area (Å²) in [7, 11) is -2.48. The molecule has 162 valence electrons. The van der Waals surface area contributed by atoms with Gasteiger partial charge in [0.15, 0.2) is 5.13 Å². The van der Waals surface area contributed by atoms with Gasteiger partial charge in [-0.15, -0.1) is 0 Å². The number of esters is 1. The number of sulfonamides is 1. The molecule has 0 aliphatic carbocycles. The molecule has 3 rings (SSSR count). The molecule has 9 nitrogen and oxygen atoms in total. The Labute approximate surface area is 179 Å². The van der Waals surface area contributed by atoms with E-state index < -0.39 is 21.9 Å². The highest BCUT2D eigenvalue weighted by Crippen LogP contribution is 2.26. The summed E-state index contributed by atoms with van der Waals surface area (Å²) in [4.78, 5) is 29.1. The highest BCUT2D eigenvalue weighted by molar-refractivity contribution is 7.89. The Morgan fingerprint density at radius 3 is 2.63 bits per heavy atom. The Bertz CT molecular complexity index is 1060. The zero-order chi connectivity index (χ0) is 21.9. The number of rotatable bonds is 6. The zero-order valence-corrected chi connectivity index (χ0v) is 18.6. The van der Waals surface area contributed by atoms with Gasteiger partial charge in [-0.2, -0.15) is 4.31 Å². The van der Waals surface area contributed by atoms with E-state index in [9.17, 15) is 18.0 Å². The molecular weight excluding hydrogens is 430 g/mol. The third-order valence-corrected chi connectivity index (χ3v) is 7.72. The van der Waals surface area contributed by atoms with Gasteiger partial charge >= 0.3 is 5.97 Å². The number of nitrogens with one attached hydrogen (secondary N) is 1. The van der Waals surface area contributed by atoms with Crippen LogP contribution >= 0.6 is 11.3 Å². The number of hydrogen-bond acceptors (Lipinski definition) is 8. The Morgan fingerprint density at radius 2 is 2.00 bits per heavy atom. The van der Waals surface area contributed by atoms with E-state index in [0.29, 0.717) is 35.8 Å². The predicted octanol–water partition coefficient (Wildman–Crippen LogP) is 2.07. The topological polar surface area (TPSA) is 115 Å². The average molecular weight is 454 g/mol. The predicted molar refractivity (Wildman–Crippen MR) is 112 cm³/mol. The molecule has 0 radical (unpaired) electrons. The number of hydrogen-bond donors (Lipinski definition) is 1. The fourth-order valence-corrected chi connectivity index (χ4v) is 5.66. The molecule has 1 aromatic carbocycles. The van der Waals surface area contributed by atoms with E-state index in [1.54, 1.807) is 19.1 Å². The van der Waals surface area contributed by atoms with Crippen molar-refractivity contribution in [3.8, 4) is 0 Å². The minimum atomic E-state index is -3.75. The van der Waals surface area contributed by atoms with Crippen molar-refractivity contribution >= 4 is 38.4 Å². The van der Waals surface area contributed by atoms with Gasteiger partial charge in [0.05, 0.1) is 30.9 Å². The van der Waals surface area contributed by atoms with Crippen LogP contribution in [-0.2, 0) is 25.9 Å². The first-order valence-corrected chi connectivity index (χ1v) is 11.6. The van der Waals surface area contributed by atoms with Gasteiger partial charge < -0.3 is 9.47 Å². The Kier molecular flexibility index (Phi) is 6.86. The second-order valence-corrected chi connectivity index (χ2v) is 9.48. The van der Waals surface area contributed by atoms with Gasteiger partial charge in [0.25, 0.3) is 5.91 Å². The highest BCUT2D eigenvalue weighted by atomic mass is 32.2. The van der Waals surface area contributed by atoms with E-state index in [2.05, 4.69) is 10.3 Å². The highest BCUT2D eigenvalue weighted by Gasteiger charge is 2.29. The number of aryl methyl sites for hydroxylation is 2. The first kappa shape index (κ1) is 22.3. The number of methoxy groups -OCH3 is 1. The summed E-state index contributed by atoms with van der Waals surface area (Å²) < 4.78 is 37.6. The summed E-state index contributed by atoms with van der Waals surface area (Å²) in [6, 6.07) is 4.62. The fourth-order valence-electron chi connectivity index (χ4n) is 3.06. The van der Waals surface area contributed by atoms with Gasteiger partial charge in [0.1, 0.15) is 4.88 Å². The molecule has 1 N–H and O–H groups in total. The van der Waals surface area contributed by atoms with Crippen LogP contribution in [-0.4, -0.2) is 63.0 Å². The minimum Gasteiger partial charge on any atom is -0.465 e. The van der Waals surface area contributed by atoms with Crippen LogP contribution in [0.3, 0.4) is 0 Å². The standard InChI is InChI=1S/C19H23N3O6S2/c1-4-13-5-6-14(11-15(13)30(25,26)22-7-9-28-10-8-22)17(23)21-19-20-12(2)16(29-19)18(24)27-3/h5-6,11H,4,7-10H2,1-3H3,(H,20,21,23). The number of ether oxygens (including phenoxy) is 2. The van der Waals surface area contributed by atoms with Crippen LogP contribution in [0.15, 0.2) is 23.1 Å². The van der Waals surface area contributed by atoms with Crippen molar-refractivity contribution in [3.63, 3.8) is 0 Å². The van der Waals surface area contributed by atoms with E-state index >= 15 is 0 Å². The van der Waals surface area contributed by atoms with Gasteiger partial charge in [-0.1, -0.05) is 24.3 Å². The van der Waals surface area contributed by atoms with Crippen LogP contribution in [0.4, 0.5) is 5.13 Å². The smallest absolute Gasteiger partial charge is 0.350 e. The van der Waals surface area contributed by atoms with Crippen LogP contribution < -0.4 is 5.32 Å². The van der Waals surface area contributed by atoms with Crippen molar-refractivity contribution in [1.82, 2.24) is 9.29 Å². The Hall–Kier alpha value is -2.34. The number of anilines is 1. The summed E-state index contributed by atoms with van der Waals surface area (Å²) in [5, 5.41) is 2.86. The zero-order valence-electron chi connectivity index (χ0n) is 16.9. The number of aromatic nitrogens is 1. The molecule has 0 bridgehead atoms. The number of morpholine rings is 1. The van der Waals surface area contributed by atoms with Gasteiger partial charge in [0, 0.05) is 18.7 Å². The van der Waals surface area contributed by atoms with E-state index in [1.807, 2.05) is 6.92 Å². The molecule has 1 saturated heterocycles. The maximum Gasteiger partial charge on any atom is 0.350 e. The maximum atomic E-state index is 13.1. The van der Waals surface area contributed by atoms with Crippen molar-refractivity contribution in [3.05, 3.63) is 39.9 Å². The molecule has 1 fully saturated rings. The molecule has 1 aliphatic heterocycles. The molecule has 30 heavy (non-hydrogen) atoms. The SMILES string of the molecule is CCc1ccc(C(=O)Nc2nc(C)c(C(=O)OC)s2)cc1S(=O)(=O)N1CCOCC1. The molecule has 0 saturated carbocycles. The van der Waals surface area contributed by atoms with Crippen LogP contribution in [0, 0.1) is 6.92 Å². The molecule has 0 unspecified atom stereocenters. The first-order chi connectivity index (χ1) is 14.3. The van der Waals surface area contributed by atoms with Crippen molar-refractivity contribution in [2.24, 2.45) is 0 Å².